The lowest BCUT2D eigenvalue weighted by Gasteiger charge is -2.25. The van der Waals surface area contributed by atoms with Crippen molar-refractivity contribution in [2.24, 2.45) is 0 Å². The molecule has 2 heterocycles. The number of imide groups is 1. The predicted molar refractivity (Wildman–Crippen MR) is 90.9 cm³/mol. The molecule has 0 aliphatic carbocycles. The van der Waals surface area contributed by atoms with Gasteiger partial charge in [-0.05, 0) is 26.3 Å². The molecule has 2 aliphatic heterocycles. The van der Waals surface area contributed by atoms with Crippen LogP contribution in [0.2, 0.25) is 0 Å². The molecule has 0 saturated carbocycles. The molecule has 0 spiro atoms. The summed E-state index contributed by atoms with van der Waals surface area (Å²) in [6.45, 7) is 5.34. The first kappa shape index (κ1) is 18.0. The van der Waals surface area contributed by atoms with E-state index in [1.54, 1.807) is 17.0 Å². The lowest BCUT2D eigenvalue weighted by atomic mass is 10.1. The van der Waals surface area contributed by atoms with Gasteiger partial charge < -0.3 is 19.9 Å². The second kappa shape index (κ2) is 7.61. The molecule has 0 radical (unpaired) electrons. The van der Waals surface area contributed by atoms with E-state index in [1.165, 1.54) is 0 Å². The molecule has 1 saturated heterocycles. The van der Waals surface area contributed by atoms with Gasteiger partial charge in [0.15, 0.2) is 11.8 Å². The molecule has 0 aromatic heterocycles. The minimum absolute atomic E-state index is 0.159. The lowest BCUT2D eigenvalue weighted by molar-refractivity contribution is -0.252. The second-order valence-electron chi connectivity index (χ2n) is 6.01. The third kappa shape index (κ3) is 3.57. The number of piperidine rings is 1. The maximum absolute atomic E-state index is 12.1. The van der Waals surface area contributed by atoms with E-state index in [-0.39, 0.29) is 24.9 Å². The summed E-state index contributed by atoms with van der Waals surface area (Å²) in [5.74, 6) is 0.162. The number of rotatable bonds is 5. The average Bonchev–Trinajstić information content (AvgIpc) is 3.05. The minimum Gasteiger partial charge on any atom is -0.366 e. The number of nitrogens with one attached hydrogen (secondary N) is 2. The van der Waals surface area contributed by atoms with Gasteiger partial charge in [0.25, 0.3) is 5.91 Å². The van der Waals surface area contributed by atoms with Gasteiger partial charge in [-0.2, -0.15) is 0 Å². The van der Waals surface area contributed by atoms with E-state index in [2.05, 4.69) is 10.6 Å². The monoisotopic (exact) mass is 362 g/mol. The molecular weight excluding hydrogens is 340 g/mol. The maximum Gasteiger partial charge on any atom is 0.317 e. The summed E-state index contributed by atoms with van der Waals surface area (Å²) in [7, 11) is 0. The number of para-hydroxylation sites is 1. The van der Waals surface area contributed by atoms with Crippen molar-refractivity contribution >= 4 is 17.8 Å². The van der Waals surface area contributed by atoms with Gasteiger partial charge in [0.05, 0.1) is 0 Å². The number of benzene rings is 1. The van der Waals surface area contributed by atoms with E-state index in [9.17, 15) is 14.4 Å². The first-order chi connectivity index (χ1) is 12.5. The van der Waals surface area contributed by atoms with Crippen LogP contribution in [0.15, 0.2) is 18.2 Å². The Morgan fingerprint density at radius 3 is 2.77 bits per heavy atom. The molecule has 0 bridgehead atoms. The van der Waals surface area contributed by atoms with Crippen LogP contribution in [0.25, 0.3) is 0 Å². The van der Waals surface area contributed by atoms with Crippen LogP contribution in [-0.4, -0.2) is 47.1 Å². The molecule has 2 aliphatic rings. The number of amides is 4. The number of carbonyl (C=O) groups is 3. The fraction of sp³-hybridized carbons (Fsp3) is 0.471. The van der Waals surface area contributed by atoms with Crippen LogP contribution < -0.4 is 20.3 Å². The highest BCUT2D eigenvalue weighted by Gasteiger charge is 2.39. The van der Waals surface area contributed by atoms with Gasteiger partial charge in [0.1, 0.15) is 0 Å². The highest BCUT2D eigenvalue weighted by Crippen LogP contribution is 2.38. The van der Waals surface area contributed by atoms with E-state index in [0.29, 0.717) is 31.0 Å². The van der Waals surface area contributed by atoms with Gasteiger partial charge in [0, 0.05) is 36.8 Å². The van der Waals surface area contributed by atoms with Gasteiger partial charge in [-0.25, -0.2) is 4.79 Å². The Hall–Kier alpha value is -2.81. The van der Waals surface area contributed by atoms with E-state index in [4.69, 9.17) is 9.68 Å². The van der Waals surface area contributed by atoms with Crippen LogP contribution in [0.1, 0.15) is 32.3 Å². The first-order valence-electron chi connectivity index (χ1n) is 8.67. The molecular formula is C17H22N4O5. The van der Waals surface area contributed by atoms with Gasteiger partial charge in [0.2, 0.25) is 11.7 Å². The van der Waals surface area contributed by atoms with Crippen LogP contribution >= 0.6 is 0 Å². The van der Waals surface area contributed by atoms with Crippen LogP contribution in [-0.2, 0) is 16.1 Å². The Bertz CT molecular complexity index is 719. The number of hydroxylamine groups is 2. The molecule has 9 nitrogen and oxygen atoms in total. The Morgan fingerprint density at radius 1 is 1.31 bits per heavy atom. The molecule has 9 heteroatoms. The molecule has 1 aromatic rings. The van der Waals surface area contributed by atoms with Crippen LogP contribution in [0.4, 0.5) is 4.79 Å². The van der Waals surface area contributed by atoms with Gasteiger partial charge in [-0.3, -0.25) is 14.9 Å². The number of hydrogen-bond donors (Lipinski definition) is 2. The van der Waals surface area contributed by atoms with Crippen molar-refractivity contribution in [1.29, 1.82) is 0 Å². The van der Waals surface area contributed by atoms with E-state index in [0.717, 1.165) is 10.8 Å². The summed E-state index contributed by atoms with van der Waals surface area (Å²) in [6.07, 6.45) is 0.537. The van der Waals surface area contributed by atoms with Crippen LogP contribution in [0, 0.1) is 0 Å². The number of carbonyl (C=O) groups excluding carboxylic acids is 3. The van der Waals surface area contributed by atoms with Gasteiger partial charge in [-0.15, -0.1) is 0 Å². The molecule has 140 valence electrons. The SMILES string of the molecule is CCN(CC)C(=O)NCc1cccc2c1ON(C1CCC(=O)NC1=O)O2. The zero-order valence-electron chi connectivity index (χ0n) is 14.8. The minimum atomic E-state index is -0.710. The highest BCUT2D eigenvalue weighted by atomic mass is 17.0. The largest absolute Gasteiger partial charge is 0.366 e. The quantitative estimate of drug-likeness (QED) is 0.757. The summed E-state index contributed by atoms with van der Waals surface area (Å²) in [6, 6.07) is 4.46. The summed E-state index contributed by atoms with van der Waals surface area (Å²) >= 11 is 0. The third-order valence-electron chi connectivity index (χ3n) is 4.38. The average molecular weight is 362 g/mol. The van der Waals surface area contributed by atoms with Gasteiger partial charge >= 0.3 is 6.03 Å². The smallest absolute Gasteiger partial charge is 0.317 e. The molecule has 2 N–H and O–H groups in total. The zero-order valence-corrected chi connectivity index (χ0v) is 14.8. The number of hydrogen-bond acceptors (Lipinski definition) is 6. The fourth-order valence-corrected chi connectivity index (χ4v) is 2.89. The standard InChI is InChI=1S/C17H22N4O5/c1-3-20(4-2)17(24)18-10-11-6-5-7-13-15(11)26-21(25-13)12-8-9-14(22)19-16(12)23/h5-7,12H,3-4,8-10H2,1-2H3,(H,18,24)(H,19,22,23). The summed E-state index contributed by atoms with van der Waals surface area (Å²) in [5.41, 5.74) is 0.734. The maximum atomic E-state index is 12.1. The fourth-order valence-electron chi connectivity index (χ4n) is 2.89. The molecule has 4 amide bonds. The van der Waals surface area contributed by atoms with Crippen molar-refractivity contribution in [2.75, 3.05) is 13.1 Å². The van der Waals surface area contributed by atoms with Crippen molar-refractivity contribution in [3.05, 3.63) is 23.8 Å². The predicted octanol–water partition coefficient (Wildman–Crippen LogP) is 0.946. The molecule has 1 atom stereocenters. The van der Waals surface area contributed by atoms with Crippen molar-refractivity contribution in [3.63, 3.8) is 0 Å². The summed E-state index contributed by atoms with van der Waals surface area (Å²) in [4.78, 5) is 48.4. The topological polar surface area (TPSA) is 100 Å². The molecule has 3 rings (SSSR count). The molecule has 1 aromatic carbocycles. The zero-order chi connectivity index (χ0) is 18.7. The summed E-state index contributed by atoms with van der Waals surface area (Å²) < 4.78 is 0. The van der Waals surface area contributed by atoms with E-state index >= 15 is 0 Å². The Morgan fingerprint density at radius 2 is 2.08 bits per heavy atom. The molecule has 1 unspecified atom stereocenters. The third-order valence-corrected chi connectivity index (χ3v) is 4.38. The summed E-state index contributed by atoms with van der Waals surface area (Å²) in [5, 5.41) is 6.23. The normalized spacial score (nSPS) is 19.2. The molecule has 26 heavy (non-hydrogen) atoms. The molecule has 1 fully saturated rings. The van der Waals surface area contributed by atoms with Crippen LogP contribution in [0.5, 0.6) is 11.5 Å². The second-order valence-corrected chi connectivity index (χ2v) is 6.01. The number of urea groups is 1. The highest BCUT2D eigenvalue weighted by molar-refractivity contribution is 6.00. The Labute approximate surface area is 151 Å². The van der Waals surface area contributed by atoms with Crippen molar-refractivity contribution in [3.8, 4) is 11.5 Å². The van der Waals surface area contributed by atoms with E-state index < -0.39 is 11.9 Å². The van der Waals surface area contributed by atoms with Crippen LogP contribution in [0.3, 0.4) is 0 Å². The Kier molecular flexibility index (Phi) is 5.27. The lowest BCUT2D eigenvalue weighted by Crippen LogP contribution is -2.53. The number of nitrogens with zero attached hydrogens (tertiary/aromatic N) is 2. The first-order valence-corrected chi connectivity index (χ1v) is 8.67. The Balaban J connectivity index is 1.67. The van der Waals surface area contributed by atoms with Gasteiger partial charge in [-0.1, -0.05) is 12.1 Å². The van der Waals surface area contributed by atoms with Crippen molar-refractivity contribution in [2.45, 2.75) is 39.3 Å². The van der Waals surface area contributed by atoms with E-state index in [1.807, 2.05) is 19.9 Å². The number of fused-ring (bicyclic) bond motifs is 1. The van der Waals surface area contributed by atoms with Crippen molar-refractivity contribution < 1.29 is 24.1 Å². The van der Waals surface area contributed by atoms with Crippen molar-refractivity contribution in [1.82, 2.24) is 20.8 Å².